The molecule has 0 fully saturated rings. The molecule has 0 saturated carbocycles. The summed E-state index contributed by atoms with van der Waals surface area (Å²) in [7, 11) is 1.57. The highest BCUT2D eigenvalue weighted by molar-refractivity contribution is 5.99. The van der Waals surface area contributed by atoms with Crippen molar-refractivity contribution >= 4 is 22.3 Å². The third-order valence-corrected chi connectivity index (χ3v) is 4.06. The summed E-state index contributed by atoms with van der Waals surface area (Å²) in [6.07, 6.45) is 1.50. The van der Waals surface area contributed by atoms with Crippen LogP contribution in [0.4, 0.5) is 11.4 Å². The van der Waals surface area contributed by atoms with E-state index in [-0.39, 0.29) is 5.75 Å². The fraction of sp³-hybridized carbons (Fsp3) is 0.200. The number of hydrogen-bond donors (Lipinski definition) is 2. The van der Waals surface area contributed by atoms with Crippen molar-refractivity contribution in [1.82, 2.24) is 4.98 Å². The first-order valence-corrected chi connectivity index (χ1v) is 8.18. The van der Waals surface area contributed by atoms with E-state index in [9.17, 15) is 10.4 Å². The number of pyridine rings is 1. The molecule has 0 unspecified atom stereocenters. The second-order valence-corrected chi connectivity index (χ2v) is 5.71. The molecule has 0 atom stereocenters. The molecule has 0 saturated heterocycles. The van der Waals surface area contributed by atoms with Crippen molar-refractivity contribution in [3.8, 4) is 23.3 Å². The normalized spacial score (nSPS) is 10.4. The molecule has 1 aromatic heterocycles. The number of benzene rings is 2. The third kappa shape index (κ3) is 3.07. The van der Waals surface area contributed by atoms with Crippen LogP contribution in [0.1, 0.15) is 18.1 Å². The highest BCUT2D eigenvalue weighted by atomic mass is 16.5. The molecule has 0 amide bonds. The number of hydrogen-bond acceptors (Lipinski definition) is 6. The maximum atomic E-state index is 9.95. The van der Waals surface area contributed by atoms with Gasteiger partial charge in [0.2, 0.25) is 0 Å². The Hall–Kier alpha value is -3.46. The molecule has 132 valence electrons. The summed E-state index contributed by atoms with van der Waals surface area (Å²) in [4.78, 5) is 4.40. The molecule has 2 N–H and O–H groups in total. The molecule has 1 heterocycles. The molecular formula is C20H19N3O3. The highest BCUT2D eigenvalue weighted by Crippen LogP contribution is 2.39. The number of nitriles is 1. The Bertz CT molecular complexity index is 1010. The number of fused-ring (bicyclic) bond motifs is 1. The van der Waals surface area contributed by atoms with Crippen LogP contribution in [0.5, 0.6) is 17.2 Å². The largest absolute Gasteiger partial charge is 0.508 e. The Morgan fingerprint density at radius 2 is 2.08 bits per heavy atom. The molecule has 0 aliphatic heterocycles. The number of aryl methyl sites for hydroxylation is 1. The maximum Gasteiger partial charge on any atom is 0.187 e. The van der Waals surface area contributed by atoms with Crippen molar-refractivity contribution in [2.45, 2.75) is 13.8 Å². The molecule has 0 aliphatic rings. The number of phenolic OH excluding ortho intramolecular Hbond substituents is 1. The molecule has 0 aliphatic carbocycles. The third-order valence-electron chi connectivity index (χ3n) is 4.06. The number of rotatable bonds is 5. The summed E-state index contributed by atoms with van der Waals surface area (Å²) in [5.74, 6) is 1.30. The predicted molar refractivity (Wildman–Crippen MR) is 100 cm³/mol. The van der Waals surface area contributed by atoms with Gasteiger partial charge in [0.15, 0.2) is 11.5 Å². The van der Waals surface area contributed by atoms with E-state index in [1.165, 1.54) is 6.20 Å². The van der Waals surface area contributed by atoms with Crippen LogP contribution in [0.3, 0.4) is 0 Å². The molecule has 0 bridgehead atoms. The Morgan fingerprint density at radius 1 is 1.27 bits per heavy atom. The van der Waals surface area contributed by atoms with Crippen LogP contribution >= 0.6 is 0 Å². The molecule has 3 rings (SSSR count). The van der Waals surface area contributed by atoms with Gasteiger partial charge in [-0.1, -0.05) is 6.07 Å². The van der Waals surface area contributed by atoms with Gasteiger partial charge in [0.25, 0.3) is 0 Å². The van der Waals surface area contributed by atoms with E-state index in [0.29, 0.717) is 40.6 Å². The van der Waals surface area contributed by atoms with Gasteiger partial charge in [-0.2, -0.15) is 5.26 Å². The molecule has 2 aromatic carbocycles. The minimum absolute atomic E-state index is 0.184. The average Bonchev–Trinajstić information content (AvgIpc) is 2.65. The summed E-state index contributed by atoms with van der Waals surface area (Å²) in [6.45, 7) is 4.17. The van der Waals surface area contributed by atoms with Crippen molar-refractivity contribution in [1.29, 1.82) is 5.26 Å². The monoisotopic (exact) mass is 349 g/mol. The molecule has 6 heteroatoms. The van der Waals surface area contributed by atoms with Crippen molar-refractivity contribution in [3.63, 3.8) is 0 Å². The molecule has 26 heavy (non-hydrogen) atoms. The smallest absolute Gasteiger partial charge is 0.187 e. The van der Waals surface area contributed by atoms with Crippen LogP contribution in [0.25, 0.3) is 10.9 Å². The quantitative estimate of drug-likeness (QED) is 0.715. The van der Waals surface area contributed by atoms with E-state index in [1.807, 2.05) is 32.0 Å². The zero-order chi connectivity index (χ0) is 18.7. The Kier molecular flexibility index (Phi) is 4.81. The van der Waals surface area contributed by atoms with Gasteiger partial charge in [0.1, 0.15) is 17.3 Å². The minimum atomic E-state index is 0.184. The Balaban J connectivity index is 2.20. The molecule has 0 radical (unpaired) electrons. The summed E-state index contributed by atoms with van der Waals surface area (Å²) in [5.41, 5.74) is 3.04. The Labute approximate surface area is 151 Å². The minimum Gasteiger partial charge on any atom is -0.508 e. The number of ether oxygens (including phenoxy) is 2. The molecule has 3 aromatic rings. The van der Waals surface area contributed by atoms with Crippen LogP contribution in [-0.2, 0) is 0 Å². The van der Waals surface area contributed by atoms with Gasteiger partial charge in [-0.05, 0) is 37.6 Å². The van der Waals surface area contributed by atoms with E-state index in [0.717, 1.165) is 10.9 Å². The zero-order valence-corrected chi connectivity index (χ0v) is 14.8. The van der Waals surface area contributed by atoms with Gasteiger partial charge in [-0.15, -0.1) is 0 Å². The number of anilines is 2. The summed E-state index contributed by atoms with van der Waals surface area (Å²) in [5, 5.41) is 23.4. The lowest BCUT2D eigenvalue weighted by atomic mass is 10.1. The van der Waals surface area contributed by atoms with Gasteiger partial charge in [0, 0.05) is 23.3 Å². The van der Waals surface area contributed by atoms with Crippen molar-refractivity contribution in [2.24, 2.45) is 0 Å². The summed E-state index contributed by atoms with van der Waals surface area (Å²) < 4.78 is 11.1. The molecule has 0 spiro atoms. The van der Waals surface area contributed by atoms with Crippen LogP contribution in [0.2, 0.25) is 0 Å². The lowest BCUT2D eigenvalue weighted by Crippen LogP contribution is -2.01. The standard InChI is InChI=1S/C20H19N3O3/c1-4-26-20-17(25-3)8-7-15-18(13(10-21)11-22-19(15)20)23-14-6-5-12(2)16(24)9-14/h5-9,11,24H,4H2,1-3H3,(H,22,23). The first-order valence-electron chi connectivity index (χ1n) is 8.18. The van der Waals surface area contributed by atoms with E-state index >= 15 is 0 Å². The number of phenols is 1. The lowest BCUT2D eigenvalue weighted by Gasteiger charge is -2.16. The lowest BCUT2D eigenvalue weighted by molar-refractivity contribution is 0.314. The van der Waals surface area contributed by atoms with Crippen LogP contribution < -0.4 is 14.8 Å². The van der Waals surface area contributed by atoms with Crippen molar-refractivity contribution in [2.75, 3.05) is 19.0 Å². The van der Waals surface area contributed by atoms with Crippen molar-refractivity contribution in [3.05, 3.63) is 47.7 Å². The van der Waals surface area contributed by atoms with Crippen LogP contribution in [0.15, 0.2) is 36.5 Å². The van der Waals surface area contributed by atoms with E-state index in [1.54, 1.807) is 19.2 Å². The summed E-state index contributed by atoms with van der Waals surface area (Å²) in [6, 6.07) is 11.0. The Morgan fingerprint density at radius 3 is 2.73 bits per heavy atom. The second-order valence-electron chi connectivity index (χ2n) is 5.71. The second kappa shape index (κ2) is 7.19. The van der Waals surface area contributed by atoms with Gasteiger partial charge in [0.05, 0.1) is 25.0 Å². The molecule has 6 nitrogen and oxygen atoms in total. The number of aromatic nitrogens is 1. The van der Waals surface area contributed by atoms with E-state index in [4.69, 9.17) is 9.47 Å². The fourth-order valence-corrected chi connectivity index (χ4v) is 2.72. The van der Waals surface area contributed by atoms with Gasteiger partial charge in [-0.3, -0.25) is 4.98 Å². The van der Waals surface area contributed by atoms with Gasteiger partial charge >= 0.3 is 0 Å². The summed E-state index contributed by atoms with van der Waals surface area (Å²) >= 11 is 0. The zero-order valence-electron chi connectivity index (χ0n) is 14.8. The first-order chi connectivity index (χ1) is 12.6. The number of aromatic hydroxyl groups is 1. The average molecular weight is 349 g/mol. The fourth-order valence-electron chi connectivity index (χ4n) is 2.72. The van der Waals surface area contributed by atoms with Crippen molar-refractivity contribution < 1.29 is 14.6 Å². The first kappa shape index (κ1) is 17.4. The van der Waals surface area contributed by atoms with E-state index in [2.05, 4.69) is 16.4 Å². The topological polar surface area (TPSA) is 87.4 Å². The number of nitrogens with one attached hydrogen (secondary N) is 1. The SMILES string of the molecule is CCOc1c(OC)ccc2c(Nc3ccc(C)c(O)c3)c(C#N)cnc12. The maximum absolute atomic E-state index is 9.95. The van der Waals surface area contributed by atoms with Crippen LogP contribution in [0, 0.1) is 18.3 Å². The van der Waals surface area contributed by atoms with Gasteiger partial charge < -0.3 is 19.9 Å². The van der Waals surface area contributed by atoms with Gasteiger partial charge in [-0.25, -0.2) is 0 Å². The number of nitrogens with zero attached hydrogens (tertiary/aromatic N) is 2. The predicted octanol–water partition coefficient (Wildman–Crippen LogP) is 4.27. The number of methoxy groups -OCH3 is 1. The van der Waals surface area contributed by atoms with Crippen LogP contribution in [-0.4, -0.2) is 23.8 Å². The van der Waals surface area contributed by atoms with E-state index < -0.39 is 0 Å². The molecular weight excluding hydrogens is 330 g/mol. The highest BCUT2D eigenvalue weighted by Gasteiger charge is 2.16.